The molecule has 25 heavy (non-hydrogen) atoms. The second-order valence-corrected chi connectivity index (χ2v) is 8.10. The molecule has 3 nitrogen and oxygen atoms in total. The summed E-state index contributed by atoms with van der Waals surface area (Å²) in [6.07, 6.45) is 3.04. The van der Waals surface area contributed by atoms with E-state index < -0.39 is 6.10 Å². The average Bonchev–Trinajstić information content (AvgIpc) is 2.60. The molecule has 3 heteroatoms. The van der Waals surface area contributed by atoms with Crippen molar-refractivity contribution < 1.29 is 14.3 Å². The summed E-state index contributed by atoms with van der Waals surface area (Å²) in [6, 6.07) is 6.43. The fourth-order valence-electron chi connectivity index (χ4n) is 2.75. The van der Waals surface area contributed by atoms with Crippen molar-refractivity contribution in [3.63, 3.8) is 0 Å². The van der Waals surface area contributed by atoms with Crippen LogP contribution in [0, 0.1) is 0 Å². The lowest BCUT2D eigenvalue weighted by Crippen LogP contribution is -2.30. The Morgan fingerprint density at radius 1 is 1.04 bits per heavy atom. The Kier molecular flexibility index (Phi) is 7.52. The number of ether oxygens (including phenoxy) is 2. The lowest BCUT2D eigenvalue weighted by molar-refractivity contribution is -0.149. The van der Waals surface area contributed by atoms with Gasteiger partial charge in [0.2, 0.25) is 0 Å². The molecule has 0 fully saturated rings. The molecule has 1 aromatic rings. The van der Waals surface area contributed by atoms with Crippen LogP contribution < -0.4 is 4.74 Å². The smallest absolute Gasteiger partial charge is 0.347 e. The van der Waals surface area contributed by atoms with E-state index in [0.29, 0.717) is 6.42 Å². The molecule has 1 aromatic carbocycles. The molecule has 0 aromatic heterocycles. The fourth-order valence-corrected chi connectivity index (χ4v) is 2.75. The zero-order valence-electron chi connectivity index (χ0n) is 17.4. The maximum atomic E-state index is 12.1. The molecule has 0 aliphatic heterocycles. The van der Waals surface area contributed by atoms with Crippen LogP contribution in [0.5, 0.6) is 5.75 Å². The molecule has 0 saturated carbocycles. The van der Waals surface area contributed by atoms with Crippen molar-refractivity contribution in [3.05, 3.63) is 29.3 Å². The van der Waals surface area contributed by atoms with Crippen molar-refractivity contribution in [2.24, 2.45) is 0 Å². The first kappa shape index (κ1) is 21.5. The summed E-state index contributed by atoms with van der Waals surface area (Å²) in [4.78, 5) is 12.1. The predicted molar refractivity (Wildman–Crippen MR) is 104 cm³/mol. The molecule has 1 atom stereocenters. The van der Waals surface area contributed by atoms with Crippen LogP contribution in [-0.2, 0) is 20.4 Å². The molecule has 0 amide bonds. The SMILES string of the molecule is CCCC(Oc1ccc(C(C)(C)CC)cc1C(C)(C)CC)C(=O)OC. The molecule has 0 N–H and O–H groups in total. The van der Waals surface area contributed by atoms with E-state index in [1.54, 1.807) is 0 Å². The van der Waals surface area contributed by atoms with Gasteiger partial charge in [0.25, 0.3) is 0 Å². The normalized spacial score (nSPS) is 13.4. The maximum absolute atomic E-state index is 12.1. The van der Waals surface area contributed by atoms with E-state index >= 15 is 0 Å². The topological polar surface area (TPSA) is 35.5 Å². The Hall–Kier alpha value is -1.51. The Morgan fingerprint density at radius 3 is 2.12 bits per heavy atom. The molecule has 1 unspecified atom stereocenters. The number of carbonyl (C=O) groups is 1. The molecular formula is C22H36O3. The van der Waals surface area contributed by atoms with E-state index in [0.717, 1.165) is 25.0 Å². The maximum Gasteiger partial charge on any atom is 0.347 e. The van der Waals surface area contributed by atoms with Crippen LogP contribution in [0.2, 0.25) is 0 Å². The third-order valence-electron chi connectivity index (χ3n) is 5.54. The molecule has 0 radical (unpaired) electrons. The van der Waals surface area contributed by atoms with E-state index in [2.05, 4.69) is 53.7 Å². The quantitative estimate of drug-likeness (QED) is 0.530. The third-order valence-corrected chi connectivity index (χ3v) is 5.54. The fraction of sp³-hybridized carbons (Fsp3) is 0.682. The van der Waals surface area contributed by atoms with Crippen LogP contribution >= 0.6 is 0 Å². The van der Waals surface area contributed by atoms with E-state index in [1.807, 2.05) is 13.0 Å². The van der Waals surface area contributed by atoms with Gasteiger partial charge in [-0.25, -0.2) is 4.79 Å². The van der Waals surface area contributed by atoms with E-state index in [-0.39, 0.29) is 16.8 Å². The van der Waals surface area contributed by atoms with Crippen LogP contribution in [-0.4, -0.2) is 19.2 Å². The van der Waals surface area contributed by atoms with Crippen molar-refractivity contribution >= 4 is 5.97 Å². The van der Waals surface area contributed by atoms with Gasteiger partial charge in [-0.1, -0.05) is 67.0 Å². The molecule has 0 bridgehead atoms. The second kappa shape index (κ2) is 8.73. The van der Waals surface area contributed by atoms with Crippen LogP contribution in [0.4, 0.5) is 0 Å². The molecule has 0 spiro atoms. The summed E-state index contributed by atoms with van der Waals surface area (Å²) < 4.78 is 11.1. The highest BCUT2D eigenvalue weighted by atomic mass is 16.6. The molecule has 0 aliphatic carbocycles. The van der Waals surface area contributed by atoms with Crippen molar-refractivity contribution in [1.29, 1.82) is 0 Å². The first-order valence-corrected chi connectivity index (χ1v) is 9.52. The van der Waals surface area contributed by atoms with E-state index in [1.165, 1.54) is 18.2 Å². The van der Waals surface area contributed by atoms with Gasteiger partial charge in [0, 0.05) is 5.56 Å². The van der Waals surface area contributed by atoms with Crippen LogP contribution in [0.25, 0.3) is 0 Å². The summed E-state index contributed by atoms with van der Waals surface area (Å²) >= 11 is 0. The van der Waals surface area contributed by atoms with Crippen LogP contribution in [0.3, 0.4) is 0 Å². The van der Waals surface area contributed by atoms with Gasteiger partial charge in [-0.05, 0) is 41.7 Å². The molecule has 1 rings (SSSR count). The van der Waals surface area contributed by atoms with Crippen molar-refractivity contribution in [2.75, 3.05) is 7.11 Å². The zero-order chi connectivity index (χ0) is 19.3. The van der Waals surface area contributed by atoms with Crippen molar-refractivity contribution in [1.82, 2.24) is 0 Å². The van der Waals surface area contributed by atoms with Crippen molar-refractivity contribution in [2.45, 2.75) is 91.1 Å². The largest absolute Gasteiger partial charge is 0.478 e. The molecular weight excluding hydrogens is 312 g/mol. The van der Waals surface area contributed by atoms with Gasteiger partial charge >= 0.3 is 5.97 Å². The minimum absolute atomic E-state index is 0.0257. The molecule has 0 heterocycles. The highest BCUT2D eigenvalue weighted by molar-refractivity contribution is 5.75. The second-order valence-electron chi connectivity index (χ2n) is 8.10. The Balaban J connectivity index is 3.36. The summed E-state index contributed by atoms with van der Waals surface area (Å²) in [5.74, 6) is 0.492. The van der Waals surface area contributed by atoms with Crippen molar-refractivity contribution in [3.8, 4) is 5.75 Å². The van der Waals surface area contributed by atoms with E-state index in [9.17, 15) is 4.79 Å². The summed E-state index contributed by atoms with van der Waals surface area (Å²) in [7, 11) is 1.41. The third kappa shape index (κ3) is 5.23. The van der Waals surface area contributed by atoms with E-state index in [4.69, 9.17) is 9.47 Å². The first-order valence-electron chi connectivity index (χ1n) is 9.52. The van der Waals surface area contributed by atoms with Crippen LogP contribution in [0.1, 0.15) is 85.3 Å². The summed E-state index contributed by atoms with van der Waals surface area (Å²) in [5.41, 5.74) is 2.56. The lowest BCUT2D eigenvalue weighted by atomic mass is 9.76. The molecule has 0 aliphatic rings. The number of methoxy groups -OCH3 is 1. The van der Waals surface area contributed by atoms with Gasteiger partial charge in [-0.15, -0.1) is 0 Å². The van der Waals surface area contributed by atoms with Crippen LogP contribution in [0.15, 0.2) is 18.2 Å². The van der Waals surface area contributed by atoms with Gasteiger partial charge in [0.1, 0.15) is 5.75 Å². The predicted octanol–water partition coefficient (Wildman–Crippen LogP) is 5.78. The highest BCUT2D eigenvalue weighted by Crippen LogP contribution is 2.39. The van der Waals surface area contributed by atoms with Gasteiger partial charge in [0.05, 0.1) is 7.11 Å². The number of hydrogen-bond acceptors (Lipinski definition) is 3. The Bertz CT molecular complexity index is 573. The summed E-state index contributed by atoms with van der Waals surface area (Å²) in [5, 5.41) is 0. The summed E-state index contributed by atoms with van der Waals surface area (Å²) in [6.45, 7) is 15.4. The number of benzene rings is 1. The average molecular weight is 349 g/mol. The molecule has 142 valence electrons. The number of rotatable bonds is 9. The minimum Gasteiger partial charge on any atom is -0.478 e. The standard InChI is InChI=1S/C22H36O3/c1-9-12-19(20(23)24-8)25-18-14-13-16(21(4,5)10-2)15-17(18)22(6,7)11-3/h13-15,19H,9-12H2,1-8H3. The van der Waals surface area contributed by atoms with Gasteiger partial charge in [-0.3, -0.25) is 0 Å². The lowest BCUT2D eigenvalue weighted by Gasteiger charge is -2.31. The Labute approximate surface area is 154 Å². The van der Waals surface area contributed by atoms with Gasteiger partial charge in [-0.2, -0.15) is 0 Å². The molecule has 0 saturated heterocycles. The minimum atomic E-state index is -0.550. The van der Waals surface area contributed by atoms with Gasteiger partial charge in [0.15, 0.2) is 6.10 Å². The van der Waals surface area contributed by atoms with Gasteiger partial charge < -0.3 is 9.47 Å². The monoisotopic (exact) mass is 348 g/mol. The number of esters is 1. The first-order chi connectivity index (χ1) is 11.6. The zero-order valence-corrected chi connectivity index (χ0v) is 17.4. The Morgan fingerprint density at radius 2 is 1.64 bits per heavy atom. The number of hydrogen-bond donors (Lipinski definition) is 0. The number of carbonyl (C=O) groups excluding carboxylic acids is 1. The highest BCUT2D eigenvalue weighted by Gasteiger charge is 2.29.